The Morgan fingerprint density at radius 2 is 1.69 bits per heavy atom. The molecule has 3 aromatic rings. The van der Waals surface area contributed by atoms with Crippen LogP contribution < -0.4 is 16.0 Å². The van der Waals surface area contributed by atoms with Crippen molar-refractivity contribution in [1.82, 2.24) is 25.3 Å². The minimum atomic E-state index is -0.205. The molecule has 0 aliphatic rings. The van der Waals surface area contributed by atoms with Crippen LogP contribution in [0, 0.1) is 6.92 Å². The fourth-order valence-corrected chi connectivity index (χ4v) is 2.24. The molecule has 132 valence electrons. The van der Waals surface area contributed by atoms with Gasteiger partial charge in [0.05, 0.1) is 0 Å². The van der Waals surface area contributed by atoms with Gasteiger partial charge in [-0.1, -0.05) is 12.1 Å². The van der Waals surface area contributed by atoms with Crippen molar-refractivity contribution in [2.75, 3.05) is 23.7 Å². The Kier molecular flexibility index (Phi) is 5.66. The number of amides is 1. The first kappa shape index (κ1) is 17.3. The first-order valence-electron chi connectivity index (χ1n) is 8.17. The summed E-state index contributed by atoms with van der Waals surface area (Å²) in [4.78, 5) is 28.8. The van der Waals surface area contributed by atoms with Gasteiger partial charge in [0.1, 0.15) is 29.0 Å². The fourth-order valence-electron chi connectivity index (χ4n) is 2.24. The van der Waals surface area contributed by atoms with Crippen LogP contribution in [0.3, 0.4) is 0 Å². The normalized spacial score (nSPS) is 10.2. The van der Waals surface area contributed by atoms with Gasteiger partial charge < -0.3 is 16.0 Å². The van der Waals surface area contributed by atoms with Crippen LogP contribution >= 0.6 is 0 Å². The lowest BCUT2D eigenvalue weighted by molar-refractivity contribution is 0.0950. The Labute approximate surface area is 151 Å². The number of nitrogens with zero attached hydrogens (tertiary/aromatic N) is 4. The standard InChI is InChI=1S/C18H19N7O/c1-13-23-16(12-17(24-13)25-15-7-3-5-9-20-15)21-10-11-22-18(26)14-6-2-4-8-19-14/h2-9,12H,10-11H2,1H3,(H,22,26)(H2,20,21,23,24,25). The quantitative estimate of drug-likeness (QED) is 0.561. The molecule has 26 heavy (non-hydrogen) atoms. The molecule has 3 aromatic heterocycles. The largest absolute Gasteiger partial charge is 0.368 e. The Balaban J connectivity index is 1.52. The van der Waals surface area contributed by atoms with Crippen molar-refractivity contribution in [2.45, 2.75) is 6.92 Å². The second-order valence-electron chi connectivity index (χ2n) is 5.42. The molecule has 0 bridgehead atoms. The maximum absolute atomic E-state index is 11.9. The molecule has 0 aliphatic carbocycles. The zero-order valence-corrected chi connectivity index (χ0v) is 14.3. The van der Waals surface area contributed by atoms with Crippen molar-refractivity contribution in [1.29, 1.82) is 0 Å². The number of anilines is 3. The van der Waals surface area contributed by atoms with Gasteiger partial charge in [-0.2, -0.15) is 0 Å². The zero-order valence-electron chi connectivity index (χ0n) is 14.3. The second-order valence-corrected chi connectivity index (χ2v) is 5.42. The lowest BCUT2D eigenvalue weighted by atomic mass is 10.3. The van der Waals surface area contributed by atoms with Crippen molar-refractivity contribution < 1.29 is 4.79 Å². The Hall–Kier alpha value is -3.55. The minimum absolute atomic E-state index is 0.205. The molecule has 8 heteroatoms. The lowest BCUT2D eigenvalue weighted by Gasteiger charge is -2.10. The number of nitrogens with one attached hydrogen (secondary N) is 3. The van der Waals surface area contributed by atoms with Gasteiger partial charge in [-0.15, -0.1) is 0 Å². The zero-order chi connectivity index (χ0) is 18.2. The highest BCUT2D eigenvalue weighted by Gasteiger charge is 2.06. The molecule has 3 rings (SSSR count). The van der Waals surface area contributed by atoms with E-state index in [2.05, 4.69) is 35.9 Å². The summed E-state index contributed by atoms with van der Waals surface area (Å²) in [5, 5.41) is 9.11. The third-order valence-electron chi connectivity index (χ3n) is 3.37. The van der Waals surface area contributed by atoms with Gasteiger partial charge in [0.2, 0.25) is 0 Å². The van der Waals surface area contributed by atoms with Crippen LogP contribution in [-0.2, 0) is 0 Å². The van der Waals surface area contributed by atoms with Crippen LogP contribution in [0.5, 0.6) is 0 Å². The molecule has 0 saturated carbocycles. The third kappa shape index (κ3) is 4.97. The number of pyridine rings is 2. The number of carbonyl (C=O) groups is 1. The first-order chi connectivity index (χ1) is 12.7. The topological polar surface area (TPSA) is 105 Å². The average Bonchev–Trinajstić information content (AvgIpc) is 2.66. The minimum Gasteiger partial charge on any atom is -0.368 e. The molecule has 0 spiro atoms. The van der Waals surface area contributed by atoms with E-state index in [1.807, 2.05) is 25.1 Å². The monoisotopic (exact) mass is 349 g/mol. The van der Waals surface area contributed by atoms with Crippen molar-refractivity contribution >= 4 is 23.4 Å². The SMILES string of the molecule is Cc1nc(NCCNC(=O)c2ccccn2)cc(Nc2ccccn2)n1. The first-order valence-corrected chi connectivity index (χ1v) is 8.17. The van der Waals surface area contributed by atoms with Crippen LogP contribution in [-0.4, -0.2) is 38.9 Å². The summed E-state index contributed by atoms with van der Waals surface area (Å²) in [6, 6.07) is 12.6. The highest BCUT2D eigenvalue weighted by atomic mass is 16.1. The van der Waals surface area contributed by atoms with Gasteiger partial charge in [-0.3, -0.25) is 9.78 Å². The van der Waals surface area contributed by atoms with E-state index in [1.54, 1.807) is 36.7 Å². The lowest BCUT2D eigenvalue weighted by Crippen LogP contribution is -2.29. The van der Waals surface area contributed by atoms with Gasteiger partial charge in [0.25, 0.3) is 5.91 Å². The van der Waals surface area contributed by atoms with E-state index in [-0.39, 0.29) is 5.91 Å². The smallest absolute Gasteiger partial charge is 0.269 e. The number of hydrogen-bond donors (Lipinski definition) is 3. The number of aromatic nitrogens is 4. The summed E-state index contributed by atoms with van der Waals surface area (Å²) in [5.74, 6) is 2.45. The molecule has 0 fully saturated rings. The van der Waals surface area contributed by atoms with E-state index in [4.69, 9.17) is 0 Å². The van der Waals surface area contributed by atoms with Crippen molar-refractivity contribution in [2.24, 2.45) is 0 Å². The molecule has 0 aliphatic heterocycles. The molecule has 0 saturated heterocycles. The summed E-state index contributed by atoms with van der Waals surface area (Å²) in [5.41, 5.74) is 0.396. The highest BCUT2D eigenvalue weighted by Crippen LogP contribution is 2.15. The summed E-state index contributed by atoms with van der Waals surface area (Å²) in [6.07, 6.45) is 3.30. The van der Waals surface area contributed by atoms with Crippen molar-refractivity contribution in [3.8, 4) is 0 Å². The number of carbonyl (C=O) groups excluding carboxylic acids is 1. The van der Waals surface area contributed by atoms with Crippen LogP contribution in [0.1, 0.15) is 16.3 Å². The summed E-state index contributed by atoms with van der Waals surface area (Å²) in [6.45, 7) is 2.79. The third-order valence-corrected chi connectivity index (χ3v) is 3.37. The number of hydrogen-bond acceptors (Lipinski definition) is 7. The van der Waals surface area contributed by atoms with E-state index < -0.39 is 0 Å². The van der Waals surface area contributed by atoms with Gasteiger partial charge in [0, 0.05) is 31.5 Å². The molecule has 3 heterocycles. The van der Waals surface area contributed by atoms with Gasteiger partial charge in [-0.05, 0) is 31.2 Å². The molecular weight excluding hydrogens is 330 g/mol. The summed E-state index contributed by atoms with van der Waals surface area (Å²) >= 11 is 0. The fraction of sp³-hybridized carbons (Fsp3) is 0.167. The van der Waals surface area contributed by atoms with Crippen LogP contribution in [0.15, 0.2) is 54.9 Å². The molecule has 0 unspecified atom stereocenters. The maximum Gasteiger partial charge on any atom is 0.269 e. The van der Waals surface area contributed by atoms with Crippen LogP contribution in [0.2, 0.25) is 0 Å². The van der Waals surface area contributed by atoms with E-state index in [0.717, 1.165) is 0 Å². The summed E-state index contributed by atoms with van der Waals surface area (Å²) in [7, 11) is 0. The second kappa shape index (κ2) is 8.52. The Morgan fingerprint density at radius 3 is 2.42 bits per heavy atom. The molecule has 1 amide bonds. The summed E-state index contributed by atoms with van der Waals surface area (Å²) < 4.78 is 0. The molecule has 0 radical (unpaired) electrons. The molecular formula is C18H19N7O. The molecule has 0 atom stereocenters. The number of aryl methyl sites for hydroxylation is 1. The molecule has 8 nitrogen and oxygen atoms in total. The van der Waals surface area contributed by atoms with Crippen LogP contribution in [0.4, 0.5) is 17.5 Å². The van der Waals surface area contributed by atoms with Gasteiger partial charge in [0.15, 0.2) is 0 Å². The predicted molar refractivity (Wildman–Crippen MR) is 99.3 cm³/mol. The Morgan fingerprint density at radius 1 is 0.923 bits per heavy atom. The van der Waals surface area contributed by atoms with Crippen molar-refractivity contribution in [3.05, 3.63) is 66.4 Å². The van der Waals surface area contributed by atoms with E-state index >= 15 is 0 Å². The van der Waals surface area contributed by atoms with E-state index in [0.29, 0.717) is 42.1 Å². The molecule has 0 aromatic carbocycles. The van der Waals surface area contributed by atoms with E-state index in [1.165, 1.54) is 0 Å². The predicted octanol–water partition coefficient (Wildman–Crippen LogP) is 2.16. The van der Waals surface area contributed by atoms with Gasteiger partial charge in [-0.25, -0.2) is 15.0 Å². The van der Waals surface area contributed by atoms with E-state index in [9.17, 15) is 4.79 Å². The van der Waals surface area contributed by atoms with Gasteiger partial charge >= 0.3 is 0 Å². The number of rotatable bonds is 7. The molecule has 3 N–H and O–H groups in total. The Bertz CT molecular complexity index is 856. The highest BCUT2D eigenvalue weighted by molar-refractivity contribution is 5.92. The van der Waals surface area contributed by atoms with Crippen LogP contribution in [0.25, 0.3) is 0 Å². The average molecular weight is 349 g/mol. The van der Waals surface area contributed by atoms with Crippen molar-refractivity contribution in [3.63, 3.8) is 0 Å². The maximum atomic E-state index is 11.9.